The maximum absolute atomic E-state index is 9.22. The highest BCUT2D eigenvalue weighted by Gasteiger charge is 2.23. The fraction of sp³-hybridized carbons (Fsp3) is 0.412. The first-order valence-corrected chi connectivity index (χ1v) is 7.81. The van der Waals surface area contributed by atoms with E-state index in [1.54, 1.807) is 0 Å². The average Bonchev–Trinajstić information content (AvgIpc) is 2.82. The molecule has 0 spiro atoms. The Morgan fingerprint density at radius 3 is 2.67 bits per heavy atom. The van der Waals surface area contributed by atoms with E-state index in [0.717, 1.165) is 22.9 Å². The monoisotopic (exact) mass is 300 g/mol. The van der Waals surface area contributed by atoms with E-state index in [-0.39, 0.29) is 5.41 Å². The number of hydrogen-bond donors (Lipinski definition) is 0. The molecule has 110 valence electrons. The Hall–Kier alpha value is -1.86. The van der Waals surface area contributed by atoms with Crippen molar-refractivity contribution in [2.45, 2.75) is 39.5 Å². The van der Waals surface area contributed by atoms with E-state index in [2.05, 4.69) is 31.8 Å². The van der Waals surface area contributed by atoms with Crippen molar-refractivity contribution in [2.24, 2.45) is 0 Å². The van der Waals surface area contributed by atoms with Crippen LogP contribution in [0, 0.1) is 18.3 Å². The molecule has 1 aromatic carbocycles. The third kappa shape index (κ3) is 4.05. The van der Waals surface area contributed by atoms with Crippen molar-refractivity contribution in [3.05, 3.63) is 45.4 Å². The smallest absolute Gasteiger partial charge is 0.128 e. The molecule has 0 radical (unpaired) electrons. The summed E-state index contributed by atoms with van der Waals surface area (Å²) >= 11 is 1.47. The minimum absolute atomic E-state index is 0.1000. The van der Waals surface area contributed by atoms with Crippen LogP contribution in [0.15, 0.2) is 24.3 Å². The van der Waals surface area contributed by atoms with Crippen LogP contribution in [0.5, 0.6) is 5.75 Å². The molecule has 4 heteroatoms. The van der Waals surface area contributed by atoms with Crippen molar-refractivity contribution in [2.75, 3.05) is 6.61 Å². The molecule has 1 heterocycles. The average molecular weight is 300 g/mol. The second kappa shape index (κ2) is 6.28. The first-order valence-electron chi connectivity index (χ1n) is 7.00. The predicted octanol–water partition coefficient (Wildman–Crippen LogP) is 4.24. The van der Waals surface area contributed by atoms with Gasteiger partial charge in [-0.1, -0.05) is 32.9 Å². The summed E-state index contributed by atoms with van der Waals surface area (Å²) in [7, 11) is 0. The number of rotatable bonds is 4. The lowest BCUT2D eigenvalue weighted by molar-refractivity contribution is 0.321. The lowest BCUT2D eigenvalue weighted by atomic mass is 9.91. The number of nitrogens with zero attached hydrogens (tertiary/aromatic N) is 2. The van der Waals surface area contributed by atoms with Gasteiger partial charge in [0.1, 0.15) is 16.7 Å². The van der Waals surface area contributed by atoms with Crippen molar-refractivity contribution in [3.63, 3.8) is 0 Å². The van der Waals surface area contributed by atoms with Crippen molar-refractivity contribution in [3.8, 4) is 11.8 Å². The van der Waals surface area contributed by atoms with Crippen LogP contribution < -0.4 is 4.74 Å². The SMILES string of the molecule is Cc1cccc(OCCc2nc(C(C)(C)C)c(C#N)s2)c1. The van der Waals surface area contributed by atoms with Crippen LogP contribution in [0.3, 0.4) is 0 Å². The molecule has 0 aliphatic carbocycles. The number of benzene rings is 1. The van der Waals surface area contributed by atoms with Crippen LogP contribution in [0.1, 0.15) is 41.9 Å². The molecule has 0 unspecified atom stereocenters. The maximum Gasteiger partial charge on any atom is 0.128 e. The molecule has 0 N–H and O–H groups in total. The summed E-state index contributed by atoms with van der Waals surface area (Å²) in [6.45, 7) is 8.86. The van der Waals surface area contributed by atoms with Gasteiger partial charge in [-0.3, -0.25) is 0 Å². The van der Waals surface area contributed by atoms with Crippen LogP contribution in [-0.2, 0) is 11.8 Å². The highest BCUT2D eigenvalue weighted by molar-refractivity contribution is 7.12. The first kappa shape index (κ1) is 15.5. The molecule has 0 saturated heterocycles. The first-order chi connectivity index (χ1) is 9.90. The van der Waals surface area contributed by atoms with E-state index in [9.17, 15) is 5.26 Å². The van der Waals surface area contributed by atoms with Crippen LogP contribution in [0.25, 0.3) is 0 Å². The Bertz CT molecular complexity index is 662. The third-order valence-electron chi connectivity index (χ3n) is 3.06. The summed E-state index contributed by atoms with van der Waals surface area (Å²) in [6, 6.07) is 10.3. The van der Waals surface area contributed by atoms with Crippen LogP contribution in [0.2, 0.25) is 0 Å². The number of ether oxygens (including phenoxy) is 1. The summed E-state index contributed by atoms with van der Waals surface area (Å²) in [5.41, 5.74) is 1.97. The van der Waals surface area contributed by atoms with Crippen molar-refractivity contribution >= 4 is 11.3 Å². The van der Waals surface area contributed by atoms with Gasteiger partial charge in [-0.15, -0.1) is 11.3 Å². The van der Waals surface area contributed by atoms with Gasteiger partial charge >= 0.3 is 0 Å². The highest BCUT2D eigenvalue weighted by Crippen LogP contribution is 2.29. The molecule has 2 aromatic rings. The number of thiazole rings is 1. The fourth-order valence-corrected chi connectivity index (χ4v) is 3.07. The van der Waals surface area contributed by atoms with Gasteiger partial charge in [0.15, 0.2) is 0 Å². The van der Waals surface area contributed by atoms with Gasteiger partial charge in [-0.25, -0.2) is 4.98 Å². The van der Waals surface area contributed by atoms with Gasteiger partial charge in [-0.05, 0) is 24.6 Å². The zero-order valence-corrected chi connectivity index (χ0v) is 13.8. The van der Waals surface area contributed by atoms with E-state index in [1.807, 2.05) is 31.2 Å². The third-order valence-corrected chi connectivity index (χ3v) is 4.08. The van der Waals surface area contributed by atoms with Crippen molar-refractivity contribution in [1.29, 1.82) is 5.26 Å². The largest absolute Gasteiger partial charge is 0.493 e. The molecule has 21 heavy (non-hydrogen) atoms. The summed E-state index contributed by atoms with van der Waals surface area (Å²) in [4.78, 5) is 5.33. The van der Waals surface area contributed by atoms with Gasteiger partial charge in [0, 0.05) is 11.8 Å². The molecule has 2 rings (SSSR count). The van der Waals surface area contributed by atoms with E-state index in [4.69, 9.17) is 4.74 Å². The van der Waals surface area contributed by atoms with Crippen molar-refractivity contribution in [1.82, 2.24) is 4.98 Å². The van der Waals surface area contributed by atoms with Crippen LogP contribution >= 0.6 is 11.3 Å². The summed E-state index contributed by atoms with van der Waals surface area (Å²) in [5.74, 6) is 0.878. The second-order valence-electron chi connectivity index (χ2n) is 6.06. The molecule has 0 aliphatic heterocycles. The number of aryl methyl sites for hydroxylation is 1. The fourth-order valence-electron chi connectivity index (χ4n) is 2.02. The quantitative estimate of drug-likeness (QED) is 0.848. The van der Waals surface area contributed by atoms with Gasteiger partial charge in [0.2, 0.25) is 0 Å². The van der Waals surface area contributed by atoms with Gasteiger partial charge < -0.3 is 4.74 Å². The lowest BCUT2D eigenvalue weighted by Gasteiger charge is -2.15. The molecule has 0 aliphatic rings. The number of hydrogen-bond acceptors (Lipinski definition) is 4. The standard InChI is InChI=1S/C17H20N2OS/c1-12-6-5-7-13(10-12)20-9-8-15-19-16(17(2,3)4)14(11-18)21-15/h5-7,10H,8-9H2,1-4H3. The van der Waals surface area contributed by atoms with E-state index in [1.165, 1.54) is 16.9 Å². The zero-order valence-electron chi connectivity index (χ0n) is 12.9. The van der Waals surface area contributed by atoms with Crippen LogP contribution in [-0.4, -0.2) is 11.6 Å². The summed E-state index contributed by atoms with van der Waals surface area (Å²) < 4.78 is 5.74. The highest BCUT2D eigenvalue weighted by atomic mass is 32.1. The minimum Gasteiger partial charge on any atom is -0.493 e. The van der Waals surface area contributed by atoms with E-state index >= 15 is 0 Å². The zero-order chi connectivity index (χ0) is 15.5. The number of aromatic nitrogens is 1. The van der Waals surface area contributed by atoms with E-state index < -0.39 is 0 Å². The van der Waals surface area contributed by atoms with Gasteiger partial charge in [-0.2, -0.15) is 5.26 Å². The van der Waals surface area contributed by atoms with Gasteiger partial charge in [0.25, 0.3) is 0 Å². The van der Waals surface area contributed by atoms with Crippen LogP contribution in [0.4, 0.5) is 0 Å². The lowest BCUT2D eigenvalue weighted by Crippen LogP contribution is -2.13. The Kier molecular flexibility index (Phi) is 4.64. The second-order valence-corrected chi connectivity index (χ2v) is 7.15. The molecule has 0 saturated carbocycles. The molecule has 3 nitrogen and oxygen atoms in total. The normalized spacial score (nSPS) is 11.2. The molecular formula is C17H20N2OS. The molecule has 0 amide bonds. The Morgan fingerprint density at radius 2 is 2.10 bits per heavy atom. The molecule has 0 atom stereocenters. The van der Waals surface area contributed by atoms with E-state index in [0.29, 0.717) is 11.5 Å². The van der Waals surface area contributed by atoms with Crippen molar-refractivity contribution < 1.29 is 4.74 Å². The Morgan fingerprint density at radius 1 is 1.33 bits per heavy atom. The number of nitriles is 1. The topological polar surface area (TPSA) is 45.9 Å². The summed E-state index contributed by atoms with van der Waals surface area (Å²) in [6.07, 6.45) is 0.726. The molecule has 1 aromatic heterocycles. The minimum atomic E-state index is -0.1000. The molecular weight excluding hydrogens is 280 g/mol. The molecule has 0 bridgehead atoms. The Labute approximate surface area is 130 Å². The maximum atomic E-state index is 9.22. The summed E-state index contributed by atoms with van der Waals surface area (Å²) in [5, 5.41) is 10.2. The predicted molar refractivity (Wildman–Crippen MR) is 85.9 cm³/mol. The van der Waals surface area contributed by atoms with Gasteiger partial charge in [0.05, 0.1) is 17.3 Å². The Balaban J connectivity index is 2.01. The molecule has 0 fully saturated rings.